The zero-order chi connectivity index (χ0) is 20.1. The Morgan fingerprint density at radius 2 is 1.24 bits per heavy atom. The second kappa shape index (κ2) is 9.42. The average Bonchev–Trinajstić information content (AvgIpc) is 2.30. The van der Waals surface area contributed by atoms with Crippen molar-refractivity contribution in [1.29, 1.82) is 0 Å². The van der Waals surface area contributed by atoms with E-state index in [-0.39, 0.29) is 5.92 Å². The first-order valence-electron chi connectivity index (χ1n) is 9.34. The molecule has 0 amide bonds. The molecular formula is C16H40O5Si4. The minimum Gasteiger partial charge on any atom is -0.481 e. The summed E-state index contributed by atoms with van der Waals surface area (Å²) in [4.78, 5) is 11.2. The van der Waals surface area contributed by atoms with Crippen molar-refractivity contribution in [3.8, 4) is 0 Å². The number of carboxylic acid groups (broad SMARTS) is 1. The average molecular weight is 425 g/mol. The molecule has 9 heteroatoms. The van der Waals surface area contributed by atoms with Gasteiger partial charge in [0.1, 0.15) is 0 Å². The van der Waals surface area contributed by atoms with Gasteiger partial charge in [0.25, 0.3) is 0 Å². The molecule has 0 rings (SSSR count). The first-order valence-corrected chi connectivity index (χ1v) is 21.2. The highest BCUT2D eigenvalue weighted by Gasteiger charge is 2.46. The summed E-state index contributed by atoms with van der Waals surface area (Å²) in [6.07, 6.45) is 1.61. The van der Waals surface area contributed by atoms with Gasteiger partial charge < -0.3 is 17.5 Å². The Morgan fingerprint density at radius 1 is 0.840 bits per heavy atom. The summed E-state index contributed by atoms with van der Waals surface area (Å²) >= 11 is 0. The molecule has 0 radical (unpaired) electrons. The van der Waals surface area contributed by atoms with E-state index in [1.807, 2.05) is 0 Å². The third-order valence-electron chi connectivity index (χ3n) is 3.63. The van der Waals surface area contributed by atoms with Crippen LogP contribution in [0.2, 0.25) is 64.5 Å². The fourth-order valence-electron chi connectivity index (χ4n) is 3.05. The molecule has 0 aromatic heterocycles. The van der Waals surface area contributed by atoms with Gasteiger partial charge in [-0.2, -0.15) is 0 Å². The second-order valence-corrected chi connectivity index (χ2v) is 25.8. The lowest BCUT2D eigenvalue weighted by molar-refractivity contribution is -0.141. The van der Waals surface area contributed by atoms with Crippen LogP contribution in [0.25, 0.3) is 0 Å². The molecule has 25 heavy (non-hydrogen) atoms. The summed E-state index contributed by atoms with van der Waals surface area (Å²) in [5.74, 6) is -1.13. The quantitative estimate of drug-likeness (QED) is 0.426. The van der Waals surface area contributed by atoms with Crippen LogP contribution >= 0.6 is 0 Å². The highest BCUT2D eigenvalue weighted by atomic mass is 28.5. The van der Waals surface area contributed by atoms with Gasteiger partial charge in [0, 0.05) is 0 Å². The highest BCUT2D eigenvalue weighted by Crippen LogP contribution is 2.31. The Bertz CT molecular complexity index is 435. The third kappa shape index (κ3) is 11.5. The predicted octanol–water partition coefficient (Wildman–Crippen LogP) is 5.37. The molecule has 150 valence electrons. The van der Waals surface area contributed by atoms with Crippen molar-refractivity contribution >= 4 is 39.7 Å². The number of carboxylic acids is 1. The Balaban J connectivity index is 5.44. The monoisotopic (exact) mass is 424 g/mol. The van der Waals surface area contributed by atoms with Gasteiger partial charge in [0.2, 0.25) is 0 Å². The molecular weight excluding hydrogens is 385 g/mol. The molecule has 5 nitrogen and oxygen atoms in total. The van der Waals surface area contributed by atoms with Crippen LogP contribution in [-0.2, 0) is 17.1 Å². The predicted molar refractivity (Wildman–Crippen MR) is 115 cm³/mol. The molecule has 0 aromatic carbocycles. The van der Waals surface area contributed by atoms with Crippen molar-refractivity contribution in [3.63, 3.8) is 0 Å². The molecule has 3 atom stereocenters. The maximum absolute atomic E-state index is 11.2. The van der Waals surface area contributed by atoms with Crippen molar-refractivity contribution < 1.29 is 22.2 Å². The lowest BCUT2D eigenvalue weighted by Crippen LogP contribution is -2.58. The van der Waals surface area contributed by atoms with Crippen molar-refractivity contribution in [2.24, 2.45) is 5.92 Å². The topological polar surface area (TPSA) is 65.0 Å². The lowest BCUT2D eigenvalue weighted by Gasteiger charge is -2.43. The van der Waals surface area contributed by atoms with Gasteiger partial charge in [-0.15, -0.1) is 0 Å². The van der Waals surface area contributed by atoms with Crippen molar-refractivity contribution in [2.75, 3.05) is 0 Å². The van der Waals surface area contributed by atoms with E-state index in [4.69, 9.17) is 12.3 Å². The number of hydrogen-bond donors (Lipinski definition) is 1. The van der Waals surface area contributed by atoms with E-state index in [0.717, 1.165) is 12.5 Å². The molecule has 0 saturated carbocycles. The lowest BCUT2D eigenvalue weighted by atomic mass is 10.1. The van der Waals surface area contributed by atoms with Crippen LogP contribution in [0.3, 0.4) is 0 Å². The van der Waals surface area contributed by atoms with E-state index < -0.39 is 39.7 Å². The highest BCUT2D eigenvalue weighted by molar-refractivity contribution is 6.89. The standard InChI is InChI=1S/C16H40O5Si4/c1-11-13-24(9,19-22(3,4)5)21-25(10,20-23(6,7)8)14-12-15(2)16(17)18/h15H,11-14H2,1-10H3,(H,17,18). The van der Waals surface area contributed by atoms with Gasteiger partial charge in [0.15, 0.2) is 16.6 Å². The molecule has 0 fully saturated rings. The number of hydrogen-bond acceptors (Lipinski definition) is 4. The smallest absolute Gasteiger partial charge is 0.315 e. The van der Waals surface area contributed by atoms with E-state index in [1.54, 1.807) is 6.92 Å². The second-order valence-electron chi connectivity index (χ2n) is 9.33. The number of carbonyl (C=O) groups is 1. The van der Waals surface area contributed by atoms with Gasteiger partial charge in [-0.1, -0.05) is 20.3 Å². The van der Waals surface area contributed by atoms with Crippen LogP contribution in [0, 0.1) is 5.92 Å². The summed E-state index contributed by atoms with van der Waals surface area (Å²) in [6.45, 7) is 21.3. The van der Waals surface area contributed by atoms with Gasteiger partial charge in [-0.05, 0) is 70.9 Å². The van der Waals surface area contributed by atoms with Crippen molar-refractivity contribution in [3.05, 3.63) is 0 Å². The molecule has 0 bridgehead atoms. The van der Waals surface area contributed by atoms with Crippen molar-refractivity contribution in [1.82, 2.24) is 0 Å². The zero-order valence-corrected chi connectivity index (χ0v) is 22.0. The largest absolute Gasteiger partial charge is 0.481 e. The molecule has 0 aromatic rings. The SMILES string of the molecule is CCC[Si](C)(O[Si](C)(C)C)O[Si](C)(CCC(C)C(=O)O)O[Si](C)(C)C. The first kappa shape index (κ1) is 25.2. The Kier molecular flexibility index (Phi) is 9.51. The Morgan fingerprint density at radius 3 is 1.56 bits per heavy atom. The molecule has 0 spiro atoms. The molecule has 0 saturated heterocycles. The van der Waals surface area contributed by atoms with Crippen LogP contribution in [-0.4, -0.2) is 44.8 Å². The summed E-state index contributed by atoms with van der Waals surface area (Å²) in [5, 5.41) is 9.21. The fraction of sp³-hybridized carbons (Fsp3) is 0.938. The maximum Gasteiger partial charge on any atom is 0.315 e. The zero-order valence-electron chi connectivity index (χ0n) is 18.0. The summed E-state index contributed by atoms with van der Waals surface area (Å²) in [7, 11) is -8.39. The Labute approximate surface area is 159 Å². The summed E-state index contributed by atoms with van der Waals surface area (Å²) < 4.78 is 19.8. The molecule has 0 aliphatic heterocycles. The van der Waals surface area contributed by atoms with Gasteiger partial charge in [-0.25, -0.2) is 0 Å². The van der Waals surface area contributed by atoms with Crippen LogP contribution in [0.5, 0.6) is 0 Å². The van der Waals surface area contributed by atoms with Crippen LogP contribution < -0.4 is 0 Å². The van der Waals surface area contributed by atoms with E-state index in [0.29, 0.717) is 12.5 Å². The number of rotatable bonds is 12. The van der Waals surface area contributed by atoms with Gasteiger partial charge in [0.05, 0.1) is 5.92 Å². The van der Waals surface area contributed by atoms with E-state index in [2.05, 4.69) is 59.3 Å². The maximum atomic E-state index is 11.2. The minimum absolute atomic E-state index is 0.377. The molecule has 0 aliphatic rings. The van der Waals surface area contributed by atoms with Gasteiger partial charge in [-0.3, -0.25) is 4.79 Å². The molecule has 0 heterocycles. The molecule has 1 N–H and O–H groups in total. The summed E-state index contributed by atoms with van der Waals surface area (Å²) in [5.41, 5.74) is 0. The third-order valence-corrected chi connectivity index (χ3v) is 18.0. The number of aliphatic carboxylic acids is 1. The first-order chi connectivity index (χ1) is 11.0. The fourth-order valence-corrected chi connectivity index (χ4v) is 21.7. The normalized spacial score (nSPS) is 19.1. The van der Waals surface area contributed by atoms with Crippen LogP contribution in [0.15, 0.2) is 0 Å². The van der Waals surface area contributed by atoms with Crippen molar-refractivity contribution in [2.45, 2.75) is 91.2 Å². The van der Waals surface area contributed by atoms with Crippen LogP contribution in [0.4, 0.5) is 0 Å². The Hall–Kier alpha value is 0.218. The van der Waals surface area contributed by atoms with E-state index in [9.17, 15) is 9.90 Å². The summed E-state index contributed by atoms with van der Waals surface area (Å²) in [6, 6.07) is 1.65. The van der Waals surface area contributed by atoms with Crippen LogP contribution in [0.1, 0.15) is 26.7 Å². The minimum atomic E-state index is -2.51. The van der Waals surface area contributed by atoms with E-state index in [1.165, 1.54) is 0 Å². The molecule has 3 unspecified atom stereocenters. The molecule has 0 aliphatic carbocycles. The van der Waals surface area contributed by atoms with Gasteiger partial charge >= 0.3 is 23.1 Å². The van der Waals surface area contributed by atoms with E-state index >= 15 is 0 Å².